The van der Waals surface area contributed by atoms with Crippen LogP contribution < -0.4 is 10.1 Å². The normalized spacial score (nSPS) is 10.1. The van der Waals surface area contributed by atoms with Gasteiger partial charge in [0.25, 0.3) is 5.69 Å². The van der Waals surface area contributed by atoms with Gasteiger partial charge in [-0.05, 0) is 23.8 Å². The Labute approximate surface area is 121 Å². The van der Waals surface area contributed by atoms with Gasteiger partial charge in [0, 0.05) is 11.6 Å². The van der Waals surface area contributed by atoms with E-state index in [0.29, 0.717) is 23.0 Å². The second kappa shape index (κ2) is 6.25. The van der Waals surface area contributed by atoms with Crippen molar-refractivity contribution in [3.63, 3.8) is 0 Å². The zero-order chi connectivity index (χ0) is 14.5. The highest BCUT2D eigenvalue weighted by molar-refractivity contribution is 6.31. The summed E-state index contributed by atoms with van der Waals surface area (Å²) in [6.45, 7) is 0.410. The molecule has 5 nitrogen and oxygen atoms in total. The predicted molar refractivity (Wildman–Crippen MR) is 78.4 cm³/mol. The number of ether oxygens (including phenoxy) is 1. The Balaban J connectivity index is 2.21. The van der Waals surface area contributed by atoms with E-state index in [9.17, 15) is 10.1 Å². The first-order valence-electron chi connectivity index (χ1n) is 5.91. The second-order valence-corrected chi connectivity index (χ2v) is 4.49. The van der Waals surface area contributed by atoms with E-state index >= 15 is 0 Å². The van der Waals surface area contributed by atoms with Gasteiger partial charge in [-0.2, -0.15) is 0 Å². The highest BCUT2D eigenvalue weighted by atomic mass is 35.5. The van der Waals surface area contributed by atoms with Crippen molar-refractivity contribution in [3.05, 3.63) is 63.2 Å². The van der Waals surface area contributed by atoms with Crippen LogP contribution in [-0.2, 0) is 6.54 Å². The number of nitro groups is 1. The Morgan fingerprint density at radius 3 is 2.70 bits per heavy atom. The van der Waals surface area contributed by atoms with E-state index in [2.05, 4.69) is 5.32 Å². The number of methoxy groups -OCH3 is 1. The van der Waals surface area contributed by atoms with Crippen molar-refractivity contribution in [3.8, 4) is 5.75 Å². The minimum Gasteiger partial charge on any atom is -0.496 e. The van der Waals surface area contributed by atoms with Crippen LogP contribution in [-0.4, -0.2) is 12.0 Å². The van der Waals surface area contributed by atoms with Crippen molar-refractivity contribution >= 4 is 23.0 Å². The van der Waals surface area contributed by atoms with Crippen LogP contribution in [0.5, 0.6) is 5.75 Å². The van der Waals surface area contributed by atoms with Gasteiger partial charge in [0.2, 0.25) is 0 Å². The molecule has 0 saturated heterocycles. The van der Waals surface area contributed by atoms with E-state index in [4.69, 9.17) is 16.3 Å². The second-order valence-electron chi connectivity index (χ2n) is 4.09. The third-order valence-electron chi connectivity index (χ3n) is 2.83. The average Bonchev–Trinajstić information content (AvgIpc) is 2.46. The van der Waals surface area contributed by atoms with Crippen molar-refractivity contribution in [2.24, 2.45) is 0 Å². The van der Waals surface area contributed by atoms with Gasteiger partial charge < -0.3 is 10.1 Å². The number of hydrogen-bond acceptors (Lipinski definition) is 4. The molecule has 0 aromatic heterocycles. The third kappa shape index (κ3) is 3.19. The van der Waals surface area contributed by atoms with Gasteiger partial charge in [0.15, 0.2) is 0 Å². The molecule has 0 heterocycles. The molecular formula is C14H13ClN2O3. The fourth-order valence-corrected chi connectivity index (χ4v) is 1.97. The number of anilines is 1. The molecule has 0 atom stereocenters. The summed E-state index contributed by atoms with van der Waals surface area (Å²) < 4.78 is 4.99. The van der Waals surface area contributed by atoms with Crippen LogP contribution in [0.25, 0.3) is 0 Å². The lowest BCUT2D eigenvalue weighted by Crippen LogP contribution is -2.03. The lowest BCUT2D eigenvalue weighted by atomic mass is 10.2. The van der Waals surface area contributed by atoms with Crippen LogP contribution in [0.4, 0.5) is 11.4 Å². The molecule has 0 saturated carbocycles. The standard InChI is InChI=1S/C14H13ClN2O3/c1-20-11-6-7-13(14(8-11)17(18)19)16-9-10-4-2-3-5-12(10)15/h2-8,16H,9H2,1H3. The van der Waals surface area contributed by atoms with Crippen molar-refractivity contribution in [1.29, 1.82) is 0 Å². The van der Waals surface area contributed by atoms with Gasteiger partial charge in [0.1, 0.15) is 11.4 Å². The molecule has 0 unspecified atom stereocenters. The number of nitrogens with zero attached hydrogens (tertiary/aromatic N) is 1. The van der Waals surface area contributed by atoms with Gasteiger partial charge in [0.05, 0.1) is 18.1 Å². The fourth-order valence-electron chi connectivity index (χ4n) is 1.77. The number of benzene rings is 2. The molecule has 0 aliphatic heterocycles. The Bertz CT molecular complexity index is 632. The zero-order valence-electron chi connectivity index (χ0n) is 10.8. The summed E-state index contributed by atoms with van der Waals surface area (Å²) >= 11 is 6.05. The summed E-state index contributed by atoms with van der Waals surface area (Å²) in [7, 11) is 1.47. The molecule has 0 spiro atoms. The molecule has 0 fully saturated rings. The third-order valence-corrected chi connectivity index (χ3v) is 3.20. The van der Waals surface area contributed by atoms with Gasteiger partial charge in [-0.1, -0.05) is 29.8 Å². The van der Waals surface area contributed by atoms with Crippen LogP contribution in [0.1, 0.15) is 5.56 Å². The first kappa shape index (κ1) is 14.1. The number of nitro benzene ring substituents is 1. The quantitative estimate of drug-likeness (QED) is 0.671. The summed E-state index contributed by atoms with van der Waals surface area (Å²) in [6, 6.07) is 12.0. The molecule has 2 rings (SSSR count). The largest absolute Gasteiger partial charge is 0.496 e. The summed E-state index contributed by atoms with van der Waals surface area (Å²) in [5, 5.41) is 14.7. The first-order chi connectivity index (χ1) is 9.61. The Morgan fingerprint density at radius 2 is 2.05 bits per heavy atom. The summed E-state index contributed by atoms with van der Waals surface area (Å²) in [5.74, 6) is 0.444. The molecule has 0 amide bonds. The smallest absolute Gasteiger partial charge is 0.296 e. The molecule has 0 bridgehead atoms. The van der Waals surface area contributed by atoms with Crippen LogP contribution in [0.3, 0.4) is 0 Å². The predicted octanol–water partition coefficient (Wildman–Crippen LogP) is 3.87. The molecular weight excluding hydrogens is 280 g/mol. The number of halogens is 1. The van der Waals surface area contributed by atoms with E-state index in [-0.39, 0.29) is 5.69 Å². The summed E-state index contributed by atoms with van der Waals surface area (Å²) in [5.41, 5.74) is 1.27. The topological polar surface area (TPSA) is 64.4 Å². The van der Waals surface area contributed by atoms with Crippen molar-refractivity contribution in [2.45, 2.75) is 6.54 Å². The minimum absolute atomic E-state index is 0.0311. The van der Waals surface area contributed by atoms with E-state index in [1.54, 1.807) is 18.2 Å². The van der Waals surface area contributed by atoms with Gasteiger partial charge >= 0.3 is 0 Å². The maximum absolute atomic E-state index is 11.1. The van der Waals surface area contributed by atoms with Crippen molar-refractivity contribution in [1.82, 2.24) is 0 Å². The molecule has 104 valence electrons. The van der Waals surface area contributed by atoms with E-state index in [0.717, 1.165) is 5.56 Å². The Kier molecular flexibility index (Phi) is 4.42. The molecule has 0 radical (unpaired) electrons. The molecule has 2 aromatic rings. The Morgan fingerprint density at radius 1 is 1.30 bits per heavy atom. The van der Waals surface area contributed by atoms with Crippen molar-refractivity contribution < 1.29 is 9.66 Å². The lowest BCUT2D eigenvalue weighted by Gasteiger charge is -2.09. The molecule has 1 N–H and O–H groups in total. The van der Waals surface area contributed by atoms with E-state index < -0.39 is 4.92 Å². The Hall–Kier alpha value is -2.27. The van der Waals surface area contributed by atoms with Crippen LogP contribution in [0, 0.1) is 10.1 Å². The highest BCUT2D eigenvalue weighted by Crippen LogP contribution is 2.29. The number of rotatable bonds is 5. The van der Waals surface area contributed by atoms with Crippen LogP contribution in [0.2, 0.25) is 5.02 Å². The fraction of sp³-hybridized carbons (Fsp3) is 0.143. The van der Waals surface area contributed by atoms with E-state index in [1.165, 1.54) is 13.2 Å². The van der Waals surface area contributed by atoms with Crippen LogP contribution >= 0.6 is 11.6 Å². The summed E-state index contributed by atoms with van der Waals surface area (Å²) in [4.78, 5) is 10.6. The average molecular weight is 293 g/mol. The lowest BCUT2D eigenvalue weighted by molar-refractivity contribution is -0.384. The zero-order valence-corrected chi connectivity index (χ0v) is 11.6. The molecule has 0 aliphatic carbocycles. The number of nitrogens with one attached hydrogen (secondary N) is 1. The van der Waals surface area contributed by atoms with E-state index in [1.807, 2.05) is 18.2 Å². The molecule has 2 aromatic carbocycles. The highest BCUT2D eigenvalue weighted by Gasteiger charge is 2.15. The maximum atomic E-state index is 11.1. The summed E-state index contributed by atoms with van der Waals surface area (Å²) in [6.07, 6.45) is 0. The maximum Gasteiger partial charge on any atom is 0.296 e. The van der Waals surface area contributed by atoms with Gasteiger partial charge in [-0.15, -0.1) is 0 Å². The van der Waals surface area contributed by atoms with Gasteiger partial charge in [-0.25, -0.2) is 0 Å². The SMILES string of the molecule is COc1ccc(NCc2ccccc2Cl)c([N+](=O)[O-])c1. The van der Waals surface area contributed by atoms with Crippen molar-refractivity contribution in [2.75, 3.05) is 12.4 Å². The monoisotopic (exact) mass is 292 g/mol. The first-order valence-corrected chi connectivity index (χ1v) is 6.29. The molecule has 0 aliphatic rings. The molecule has 6 heteroatoms. The molecule has 20 heavy (non-hydrogen) atoms. The van der Waals surface area contributed by atoms with Gasteiger partial charge in [-0.3, -0.25) is 10.1 Å². The van der Waals surface area contributed by atoms with Crippen LogP contribution in [0.15, 0.2) is 42.5 Å². The minimum atomic E-state index is -0.447. The number of hydrogen-bond donors (Lipinski definition) is 1.